The Kier molecular flexibility index (Phi) is 2.63. The molecule has 7 heteroatoms. The zero-order valence-corrected chi connectivity index (χ0v) is 10.8. The number of hydrogen-bond acceptors (Lipinski definition) is 5. The molecule has 2 rings (SSSR count). The third-order valence-corrected chi connectivity index (χ3v) is 3.10. The van der Waals surface area contributed by atoms with Gasteiger partial charge in [-0.15, -0.1) is 15.3 Å². The minimum absolute atomic E-state index is 0.451. The molecule has 6 nitrogen and oxygen atoms in total. The zero-order valence-electron chi connectivity index (χ0n) is 9.19. The van der Waals surface area contributed by atoms with Crippen molar-refractivity contribution in [3.8, 4) is 11.4 Å². The van der Waals surface area contributed by atoms with E-state index in [-0.39, 0.29) is 0 Å². The van der Waals surface area contributed by atoms with Crippen molar-refractivity contribution < 1.29 is 0 Å². The van der Waals surface area contributed by atoms with Crippen LogP contribution in [0.15, 0.2) is 4.60 Å². The smallest absolute Gasteiger partial charge is 0.158 e. The fourth-order valence-electron chi connectivity index (χ4n) is 1.43. The number of halogens is 1. The van der Waals surface area contributed by atoms with Crippen molar-refractivity contribution in [3.63, 3.8) is 0 Å². The highest BCUT2D eigenvalue weighted by molar-refractivity contribution is 9.10. The first-order valence-electron chi connectivity index (χ1n) is 4.67. The third-order valence-electron chi connectivity index (χ3n) is 2.57. The van der Waals surface area contributed by atoms with Gasteiger partial charge in [0.25, 0.3) is 0 Å². The van der Waals surface area contributed by atoms with Crippen LogP contribution < -0.4 is 5.73 Å². The first-order chi connectivity index (χ1) is 7.52. The molecular weight excluding hydrogens is 272 g/mol. The lowest BCUT2D eigenvalue weighted by Gasteiger charge is -2.08. The molecule has 0 unspecified atom stereocenters. The van der Waals surface area contributed by atoms with Crippen LogP contribution in [-0.2, 0) is 7.05 Å². The highest BCUT2D eigenvalue weighted by Crippen LogP contribution is 2.28. The molecule has 0 aromatic carbocycles. The van der Waals surface area contributed by atoms with E-state index in [0.717, 1.165) is 22.5 Å². The fourth-order valence-corrected chi connectivity index (χ4v) is 1.95. The van der Waals surface area contributed by atoms with E-state index in [4.69, 9.17) is 5.73 Å². The van der Waals surface area contributed by atoms with Crippen molar-refractivity contribution in [1.82, 2.24) is 25.2 Å². The minimum Gasteiger partial charge on any atom is -0.382 e. The van der Waals surface area contributed by atoms with E-state index in [0.29, 0.717) is 10.4 Å². The lowest BCUT2D eigenvalue weighted by atomic mass is 10.1. The lowest BCUT2D eigenvalue weighted by molar-refractivity contribution is 0.717. The Bertz CT molecular complexity index is 528. The van der Waals surface area contributed by atoms with Gasteiger partial charge in [0.1, 0.15) is 17.2 Å². The summed E-state index contributed by atoms with van der Waals surface area (Å²) in [6.45, 7) is 3.87. The van der Waals surface area contributed by atoms with Gasteiger partial charge < -0.3 is 5.73 Å². The van der Waals surface area contributed by atoms with Crippen LogP contribution in [0.5, 0.6) is 0 Å². The topological polar surface area (TPSA) is 82.5 Å². The third kappa shape index (κ3) is 1.57. The molecule has 0 saturated heterocycles. The molecule has 0 fully saturated rings. The Hall–Kier alpha value is -1.50. The van der Waals surface area contributed by atoms with Gasteiger partial charge >= 0.3 is 0 Å². The van der Waals surface area contributed by atoms with Crippen LogP contribution in [0, 0.1) is 13.8 Å². The molecule has 0 atom stereocenters. The Morgan fingerprint density at radius 3 is 2.38 bits per heavy atom. The van der Waals surface area contributed by atoms with Gasteiger partial charge in [-0.2, -0.15) is 0 Å². The van der Waals surface area contributed by atoms with E-state index in [1.165, 1.54) is 0 Å². The quantitative estimate of drug-likeness (QED) is 0.851. The molecule has 0 aliphatic heterocycles. The van der Waals surface area contributed by atoms with Crippen molar-refractivity contribution in [2.75, 3.05) is 5.73 Å². The van der Waals surface area contributed by atoms with Crippen molar-refractivity contribution in [3.05, 3.63) is 15.7 Å². The van der Waals surface area contributed by atoms with E-state index < -0.39 is 0 Å². The molecular formula is C9H11BrN6. The summed E-state index contributed by atoms with van der Waals surface area (Å²) >= 11 is 3.34. The van der Waals surface area contributed by atoms with Crippen LogP contribution in [-0.4, -0.2) is 25.2 Å². The SMILES string of the molecule is Cc1c(N)nnc(-c2c(Br)nnn2C)c1C. The summed E-state index contributed by atoms with van der Waals surface area (Å²) < 4.78 is 2.30. The van der Waals surface area contributed by atoms with Gasteiger partial charge in [-0.05, 0) is 40.9 Å². The Labute approximate surface area is 101 Å². The molecule has 0 radical (unpaired) electrons. The first-order valence-corrected chi connectivity index (χ1v) is 5.46. The normalized spacial score (nSPS) is 10.8. The van der Waals surface area contributed by atoms with Gasteiger partial charge in [0.15, 0.2) is 4.60 Å². The van der Waals surface area contributed by atoms with E-state index in [2.05, 4.69) is 36.4 Å². The first kappa shape index (κ1) is 11.0. The number of aryl methyl sites for hydroxylation is 1. The predicted molar refractivity (Wildman–Crippen MR) is 63.6 cm³/mol. The maximum Gasteiger partial charge on any atom is 0.158 e. The van der Waals surface area contributed by atoms with Crippen molar-refractivity contribution in [1.29, 1.82) is 0 Å². The average molecular weight is 283 g/mol. The van der Waals surface area contributed by atoms with Crippen molar-refractivity contribution in [2.24, 2.45) is 7.05 Å². The largest absolute Gasteiger partial charge is 0.382 e. The van der Waals surface area contributed by atoms with Crippen LogP contribution in [0.25, 0.3) is 11.4 Å². The minimum atomic E-state index is 0.451. The monoisotopic (exact) mass is 282 g/mol. The van der Waals surface area contributed by atoms with Gasteiger partial charge in [0, 0.05) is 7.05 Å². The van der Waals surface area contributed by atoms with Crippen molar-refractivity contribution >= 4 is 21.7 Å². The van der Waals surface area contributed by atoms with E-state index in [1.54, 1.807) is 11.7 Å². The van der Waals surface area contributed by atoms with Crippen LogP contribution in [0.1, 0.15) is 11.1 Å². The fraction of sp³-hybridized carbons (Fsp3) is 0.333. The molecule has 16 heavy (non-hydrogen) atoms. The summed E-state index contributed by atoms with van der Waals surface area (Å²) in [5, 5.41) is 15.8. The van der Waals surface area contributed by atoms with Crippen LogP contribution in [0.2, 0.25) is 0 Å². The number of aromatic nitrogens is 5. The molecule has 0 spiro atoms. The number of rotatable bonds is 1. The van der Waals surface area contributed by atoms with Gasteiger partial charge in [0.05, 0.1) is 0 Å². The molecule has 0 aliphatic carbocycles. The Balaban J connectivity index is 2.71. The van der Waals surface area contributed by atoms with Crippen molar-refractivity contribution in [2.45, 2.75) is 13.8 Å². The molecule has 0 aliphatic rings. The van der Waals surface area contributed by atoms with Gasteiger partial charge in [-0.1, -0.05) is 5.21 Å². The number of nitrogens with zero attached hydrogens (tertiary/aromatic N) is 5. The zero-order chi connectivity index (χ0) is 11.9. The maximum atomic E-state index is 5.70. The van der Waals surface area contributed by atoms with Gasteiger partial charge in [-0.3, -0.25) is 0 Å². The summed E-state index contributed by atoms with van der Waals surface area (Å²) in [5.74, 6) is 0.451. The second kappa shape index (κ2) is 3.82. The molecule has 0 amide bonds. The number of nitrogens with two attached hydrogens (primary N) is 1. The predicted octanol–water partition coefficient (Wildman–Crippen LogP) is 1.23. The number of anilines is 1. The second-order valence-corrected chi connectivity index (χ2v) is 4.29. The summed E-state index contributed by atoms with van der Waals surface area (Å²) in [7, 11) is 1.81. The van der Waals surface area contributed by atoms with Crippen LogP contribution in [0.3, 0.4) is 0 Å². The average Bonchev–Trinajstić information content (AvgIpc) is 2.57. The molecule has 2 heterocycles. The summed E-state index contributed by atoms with van der Waals surface area (Å²) in [5.41, 5.74) is 9.15. The molecule has 0 bridgehead atoms. The van der Waals surface area contributed by atoms with Crippen LogP contribution >= 0.6 is 15.9 Å². The standard InChI is InChI=1S/C9H11BrN6/c1-4-5(2)9(11)14-12-6(4)7-8(10)13-15-16(7)3/h1-3H3,(H2,11,14). The Morgan fingerprint density at radius 1 is 1.12 bits per heavy atom. The second-order valence-electron chi connectivity index (χ2n) is 3.54. The summed E-state index contributed by atoms with van der Waals surface area (Å²) in [4.78, 5) is 0. The van der Waals surface area contributed by atoms with Gasteiger partial charge in [-0.25, -0.2) is 4.68 Å². The summed E-state index contributed by atoms with van der Waals surface area (Å²) in [6.07, 6.45) is 0. The highest BCUT2D eigenvalue weighted by Gasteiger charge is 2.17. The van der Waals surface area contributed by atoms with E-state index in [9.17, 15) is 0 Å². The van der Waals surface area contributed by atoms with Gasteiger partial charge in [0.2, 0.25) is 0 Å². The molecule has 0 saturated carbocycles. The highest BCUT2D eigenvalue weighted by atomic mass is 79.9. The maximum absolute atomic E-state index is 5.70. The molecule has 2 aromatic heterocycles. The van der Waals surface area contributed by atoms with Crippen LogP contribution in [0.4, 0.5) is 5.82 Å². The number of nitrogen functional groups attached to an aromatic ring is 1. The van der Waals surface area contributed by atoms with E-state index in [1.807, 2.05) is 13.8 Å². The molecule has 2 aromatic rings. The number of hydrogen-bond donors (Lipinski definition) is 1. The Morgan fingerprint density at radius 2 is 1.81 bits per heavy atom. The summed E-state index contributed by atoms with van der Waals surface area (Å²) in [6, 6.07) is 0. The lowest BCUT2D eigenvalue weighted by Crippen LogP contribution is -2.04. The molecule has 84 valence electrons. The molecule has 2 N–H and O–H groups in total. The van der Waals surface area contributed by atoms with E-state index >= 15 is 0 Å².